The summed E-state index contributed by atoms with van der Waals surface area (Å²) < 4.78 is 0. The Kier molecular flexibility index (Phi) is 4.51. The molecule has 0 saturated carbocycles. The van der Waals surface area contributed by atoms with Crippen molar-refractivity contribution in [2.45, 2.75) is 6.42 Å². The second-order valence-corrected chi connectivity index (χ2v) is 4.39. The Bertz CT molecular complexity index is 436. The molecule has 2 aromatic carbocycles. The molecule has 1 N–H and O–H groups in total. The molecule has 2 aromatic rings. The first-order valence-electron chi connectivity index (χ1n) is 5.90. The molecule has 0 amide bonds. The van der Waals surface area contributed by atoms with Crippen LogP contribution >= 0.6 is 12.6 Å². The molecule has 0 aliphatic carbocycles. The van der Waals surface area contributed by atoms with Gasteiger partial charge in [0.15, 0.2) is 0 Å². The first-order chi connectivity index (χ1) is 8.40. The van der Waals surface area contributed by atoms with Gasteiger partial charge >= 0.3 is 0 Å². The smallest absolute Gasteiger partial charge is 0.0340 e. The van der Waals surface area contributed by atoms with Crippen LogP contribution in [0.4, 0.5) is 5.69 Å². The third kappa shape index (κ3) is 3.53. The van der Waals surface area contributed by atoms with Crippen LogP contribution in [0.25, 0.3) is 11.1 Å². The van der Waals surface area contributed by atoms with Gasteiger partial charge in [0, 0.05) is 12.2 Å². The van der Waals surface area contributed by atoms with Gasteiger partial charge in [0.2, 0.25) is 0 Å². The zero-order valence-corrected chi connectivity index (χ0v) is 10.7. The highest BCUT2D eigenvalue weighted by Gasteiger charge is 1.96. The van der Waals surface area contributed by atoms with Crippen LogP contribution in [-0.2, 0) is 0 Å². The van der Waals surface area contributed by atoms with E-state index in [2.05, 4.69) is 66.5 Å². The molecule has 0 radical (unpaired) electrons. The quantitative estimate of drug-likeness (QED) is 0.595. The third-order valence-electron chi connectivity index (χ3n) is 2.66. The van der Waals surface area contributed by atoms with Gasteiger partial charge in [-0.25, -0.2) is 0 Å². The Labute approximate surface area is 108 Å². The van der Waals surface area contributed by atoms with Gasteiger partial charge in [-0.15, -0.1) is 0 Å². The molecule has 0 spiro atoms. The molecule has 17 heavy (non-hydrogen) atoms. The summed E-state index contributed by atoms with van der Waals surface area (Å²) in [5.41, 5.74) is 3.69. The molecule has 0 saturated heterocycles. The van der Waals surface area contributed by atoms with E-state index in [1.807, 2.05) is 6.07 Å². The fourth-order valence-corrected chi connectivity index (χ4v) is 1.88. The summed E-state index contributed by atoms with van der Waals surface area (Å²) in [5.74, 6) is 0.926. The fourth-order valence-electron chi connectivity index (χ4n) is 1.72. The van der Waals surface area contributed by atoms with Crippen molar-refractivity contribution in [2.75, 3.05) is 17.6 Å². The van der Waals surface area contributed by atoms with Gasteiger partial charge in [0.05, 0.1) is 0 Å². The summed E-state index contributed by atoms with van der Waals surface area (Å²) in [6.45, 7) is 0.980. The number of nitrogens with one attached hydrogen (secondary N) is 1. The van der Waals surface area contributed by atoms with E-state index in [1.54, 1.807) is 0 Å². The third-order valence-corrected chi connectivity index (χ3v) is 2.97. The molecular weight excluding hydrogens is 226 g/mol. The number of anilines is 1. The molecule has 0 unspecified atom stereocenters. The van der Waals surface area contributed by atoms with Crippen LogP contribution in [0, 0.1) is 0 Å². The van der Waals surface area contributed by atoms with Gasteiger partial charge in [0.25, 0.3) is 0 Å². The highest BCUT2D eigenvalue weighted by Crippen LogP contribution is 2.20. The molecule has 2 heteroatoms. The lowest BCUT2D eigenvalue weighted by Crippen LogP contribution is -2.01. The number of rotatable bonds is 5. The highest BCUT2D eigenvalue weighted by molar-refractivity contribution is 7.80. The van der Waals surface area contributed by atoms with E-state index >= 15 is 0 Å². The lowest BCUT2D eigenvalue weighted by Gasteiger charge is -2.06. The number of hydrogen-bond donors (Lipinski definition) is 2. The zero-order valence-electron chi connectivity index (χ0n) is 9.76. The minimum atomic E-state index is 0.926. The van der Waals surface area contributed by atoms with Crippen LogP contribution in [0.2, 0.25) is 0 Å². The van der Waals surface area contributed by atoms with Crippen LogP contribution in [0.1, 0.15) is 6.42 Å². The highest BCUT2D eigenvalue weighted by atomic mass is 32.1. The molecule has 0 aliphatic heterocycles. The largest absolute Gasteiger partial charge is 0.385 e. The summed E-state index contributed by atoms with van der Waals surface area (Å²) in [6.07, 6.45) is 1.09. The Morgan fingerprint density at radius 3 is 2.12 bits per heavy atom. The van der Waals surface area contributed by atoms with E-state index in [1.165, 1.54) is 16.8 Å². The molecule has 0 fully saturated rings. The fraction of sp³-hybridized carbons (Fsp3) is 0.200. The average Bonchev–Trinajstić information content (AvgIpc) is 2.41. The van der Waals surface area contributed by atoms with Crippen molar-refractivity contribution in [1.29, 1.82) is 0 Å². The molecule has 0 bridgehead atoms. The topological polar surface area (TPSA) is 12.0 Å². The predicted octanol–water partition coefficient (Wildman–Crippen LogP) is 4.09. The van der Waals surface area contributed by atoms with E-state index in [-0.39, 0.29) is 0 Å². The number of thiol groups is 1. The van der Waals surface area contributed by atoms with Crippen LogP contribution in [-0.4, -0.2) is 12.3 Å². The second kappa shape index (κ2) is 6.36. The van der Waals surface area contributed by atoms with E-state index in [9.17, 15) is 0 Å². The maximum Gasteiger partial charge on any atom is 0.0340 e. The summed E-state index contributed by atoms with van der Waals surface area (Å²) >= 11 is 4.19. The standard InChI is InChI=1S/C15H17NS/c17-12-4-11-16-15-9-7-14(8-10-15)13-5-2-1-3-6-13/h1-3,5-10,16-17H,4,11-12H2. The SMILES string of the molecule is SCCCNc1ccc(-c2ccccc2)cc1. The van der Waals surface area contributed by atoms with Crippen molar-refractivity contribution in [3.05, 3.63) is 54.6 Å². The maximum absolute atomic E-state index is 4.19. The van der Waals surface area contributed by atoms with Crippen LogP contribution in [0.3, 0.4) is 0 Å². The monoisotopic (exact) mass is 243 g/mol. The van der Waals surface area contributed by atoms with Gasteiger partial charge in [-0.1, -0.05) is 42.5 Å². The molecule has 1 nitrogen and oxygen atoms in total. The van der Waals surface area contributed by atoms with Crippen LogP contribution in [0.15, 0.2) is 54.6 Å². The van der Waals surface area contributed by atoms with Gasteiger partial charge in [0.1, 0.15) is 0 Å². The van der Waals surface area contributed by atoms with Crippen molar-refractivity contribution in [1.82, 2.24) is 0 Å². The first-order valence-corrected chi connectivity index (χ1v) is 6.53. The van der Waals surface area contributed by atoms with Crippen molar-refractivity contribution < 1.29 is 0 Å². The van der Waals surface area contributed by atoms with Crippen molar-refractivity contribution >= 4 is 18.3 Å². The number of hydrogen-bond acceptors (Lipinski definition) is 2. The molecular formula is C15H17NS. The van der Waals surface area contributed by atoms with Crippen molar-refractivity contribution in [3.8, 4) is 11.1 Å². The van der Waals surface area contributed by atoms with E-state index in [0.717, 1.165) is 18.7 Å². The Morgan fingerprint density at radius 1 is 0.824 bits per heavy atom. The first kappa shape index (κ1) is 12.1. The Balaban J connectivity index is 2.03. The van der Waals surface area contributed by atoms with Crippen LogP contribution in [0.5, 0.6) is 0 Å². The minimum Gasteiger partial charge on any atom is -0.385 e. The average molecular weight is 243 g/mol. The predicted molar refractivity (Wildman–Crippen MR) is 78.8 cm³/mol. The normalized spacial score (nSPS) is 10.2. The lowest BCUT2D eigenvalue weighted by atomic mass is 10.1. The van der Waals surface area contributed by atoms with Crippen molar-refractivity contribution in [2.24, 2.45) is 0 Å². The van der Waals surface area contributed by atoms with Gasteiger partial charge < -0.3 is 5.32 Å². The molecule has 0 heterocycles. The van der Waals surface area contributed by atoms with E-state index in [0.29, 0.717) is 0 Å². The lowest BCUT2D eigenvalue weighted by molar-refractivity contribution is 0.995. The molecule has 0 aliphatic rings. The van der Waals surface area contributed by atoms with Gasteiger partial charge in [-0.3, -0.25) is 0 Å². The summed E-state index contributed by atoms with van der Waals surface area (Å²) in [6, 6.07) is 19.0. The molecule has 0 aromatic heterocycles. The van der Waals surface area contributed by atoms with Crippen molar-refractivity contribution in [3.63, 3.8) is 0 Å². The second-order valence-electron chi connectivity index (χ2n) is 3.95. The maximum atomic E-state index is 4.19. The molecule has 2 rings (SSSR count). The molecule has 88 valence electrons. The Morgan fingerprint density at radius 2 is 1.47 bits per heavy atom. The Hall–Kier alpha value is -1.41. The zero-order chi connectivity index (χ0) is 11.9. The summed E-state index contributed by atoms with van der Waals surface area (Å²) in [7, 11) is 0. The van der Waals surface area contributed by atoms with Gasteiger partial charge in [-0.05, 0) is 35.4 Å². The number of benzene rings is 2. The minimum absolute atomic E-state index is 0.926. The van der Waals surface area contributed by atoms with Gasteiger partial charge in [-0.2, -0.15) is 12.6 Å². The van der Waals surface area contributed by atoms with Crippen LogP contribution < -0.4 is 5.32 Å². The molecule has 0 atom stereocenters. The summed E-state index contributed by atoms with van der Waals surface area (Å²) in [4.78, 5) is 0. The van der Waals surface area contributed by atoms with E-state index in [4.69, 9.17) is 0 Å². The van der Waals surface area contributed by atoms with E-state index < -0.39 is 0 Å². The summed E-state index contributed by atoms with van der Waals surface area (Å²) in [5, 5.41) is 3.38.